The molecule has 1 fully saturated rings. The molecular formula is C16H24ClNS. The molecule has 0 saturated heterocycles. The Bertz CT molecular complexity index is 346. The molecule has 1 aromatic rings. The van der Waals surface area contributed by atoms with Crippen molar-refractivity contribution in [1.82, 2.24) is 5.32 Å². The summed E-state index contributed by atoms with van der Waals surface area (Å²) in [7, 11) is 0. The average molecular weight is 298 g/mol. The SMILES string of the molecule is Clc1ccc(CSCCCNC2CCCCC2)cc1. The van der Waals surface area contributed by atoms with Gasteiger partial charge in [0.15, 0.2) is 0 Å². The summed E-state index contributed by atoms with van der Waals surface area (Å²) in [6.45, 7) is 1.18. The predicted octanol–water partition coefficient (Wildman–Crippen LogP) is 4.89. The van der Waals surface area contributed by atoms with Crippen molar-refractivity contribution in [2.24, 2.45) is 0 Å². The van der Waals surface area contributed by atoms with Crippen molar-refractivity contribution in [2.45, 2.75) is 50.3 Å². The summed E-state index contributed by atoms with van der Waals surface area (Å²) in [5, 5.41) is 4.52. The number of thioether (sulfide) groups is 1. The fourth-order valence-electron chi connectivity index (χ4n) is 2.56. The molecule has 0 unspecified atom stereocenters. The van der Waals surface area contributed by atoms with Gasteiger partial charge in [0.2, 0.25) is 0 Å². The fourth-order valence-corrected chi connectivity index (χ4v) is 3.60. The lowest BCUT2D eigenvalue weighted by atomic mass is 9.95. The largest absolute Gasteiger partial charge is 0.314 e. The number of hydrogen-bond acceptors (Lipinski definition) is 2. The van der Waals surface area contributed by atoms with Crippen LogP contribution in [-0.2, 0) is 5.75 Å². The highest BCUT2D eigenvalue weighted by Gasteiger charge is 2.11. The molecule has 2 rings (SSSR count). The number of benzene rings is 1. The molecule has 1 aliphatic carbocycles. The maximum atomic E-state index is 5.87. The Morgan fingerprint density at radius 2 is 1.84 bits per heavy atom. The van der Waals surface area contributed by atoms with Crippen molar-refractivity contribution in [3.63, 3.8) is 0 Å². The maximum absolute atomic E-state index is 5.87. The second-order valence-corrected chi connectivity index (χ2v) is 6.86. The third kappa shape index (κ3) is 6.20. The summed E-state index contributed by atoms with van der Waals surface area (Å²) in [4.78, 5) is 0. The minimum atomic E-state index is 0.801. The molecular weight excluding hydrogens is 274 g/mol. The van der Waals surface area contributed by atoms with Crippen molar-refractivity contribution >= 4 is 23.4 Å². The van der Waals surface area contributed by atoms with E-state index in [0.717, 1.165) is 16.8 Å². The van der Waals surface area contributed by atoms with E-state index >= 15 is 0 Å². The number of nitrogens with one attached hydrogen (secondary N) is 1. The van der Waals surface area contributed by atoms with Crippen LogP contribution in [-0.4, -0.2) is 18.3 Å². The van der Waals surface area contributed by atoms with Gasteiger partial charge < -0.3 is 5.32 Å². The summed E-state index contributed by atoms with van der Waals surface area (Å²) in [5.41, 5.74) is 1.37. The molecule has 0 spiro atoms. The Labute approximate surface area is 126 Å². The van der Waals surface area contributed by atoms with Crippen LogP contribution in [0.25, 0.3) is 0 Å². The first kappa shape index (κ1) is 15.2. The molecule has 1 saturated carbocycles. The lowest BCUT2D eigenvalue weighted by molar-refractivity contribution is 0.375. The quantitative estimate of drug-likeness (QED) is 0.720. The van der Waals surface area contributed by atoms with Gasteiger partial charge in [-0.2, -0.15) is 11.8 Å². The van der Waals surface area contributed by atoms with Gasteiger partial charge >= 0.3 is 0 Å². The van der Waals surface area contributed by atoms with Crippen molar-refractivity contribution in [2.75, 3.05) is 12.3 Å². The molecule has 1 N–H and O–H groups in total. The van der Waals surface area contributed by atoms with E-state index in [2.05, 4.69) is 17.4 Å². The van der Waals surface area contributed by atoms with Gasteiger partial charge in [-0.1, -0.05) is 43.0 Å². The van der Waals surface area contributed by atoms with Gasteiger partial charge in [-0.3, -0.25) is 0 Å². The van der Waals surface area contributed by atoms with E-state index in [0.29, 0.717) is 0 Å². The molecule has 0 heterocycles. The third-order valence-electron chi connectivity index (χ3n) is 3.69. The first-order chi connectivity index (χ1) is 9.34. The molecule has 0 amide bonds. The van der Waals surface area contributed by atoms with Crippen molar-refractivity contribution in [1.29, 1.82) is 0 Å². The number of rotatable bonds is 7. The van der Waals surface area contributed by atoms with Gasteiger partial charge in [-0.05, 0) is 49.3 Å². The van der Waals surface area contributed by atoms with E-state index in [1.165, 1.54) is 56.4 Å². The molecule has 0 aromatic heterocycles. The van der Waals surface area contributed by atoms with E-state index in [1.54, 1.807) is 0 Å². The Hall–Kier alpha value is -0.180. The minimum Gasteiger partial charge on any atom is -0.314 e. The minimum absolute atomic E-state index is 0.801. The summed E-state index contributed by atoms with van der Waals surface area (Å²) in [6.07, 6.45) is 8.33. The lowest BCUT2D eigenvalue weighted by Gasteiger charge is -2.22. The van der Waals surface area contributed by atoms with Crippen LogP contribution >= 0.6 is 23.4 Å². The summed E-state index contributed by atoms with van der Waals surface area (Å²) in [6, 6.07) is 8.99. The molecule has 0 atom stereocenters. The van der Waals surface area contributed by atoms with E-state index in [1.807, 2.05) is 23.9 Å². The van der Waals surface area contributed by atoms with Crippen LogP contribution in [0.3, 0.4) is 0 Å². The first-order valence-electron chi connectivity index (χ1n) is 7.40. The van der Waals surface area contributed by atoms with Crippen LogP contribution in [0.5, 0.6) is 0 Å². The van der Waals surface area contributed by atoms with Gasteiger partial charge in [0, 0.05) is 16.8 Å². The molecule has 1 aliphatic rings. The van der Waals surface area contributed by atoms with Gasteiger partial charge in [0.25, 0.3) is 0 Å². The molecule has 1 nitrogen and oxygen atoms in total. The summed E-state index contributed by atoms with van der Waals surface area (Å²) >= 11 is 7.89. The highest BCUT2D eigenvalue weighted by atomic mass is 35.5. The molecule has 19 heavy (non-hydrogen) atoms. The molecule has 106 valence electrons. The topological polar surface area (TPSA) is 12.0 Å². The third-order valence-corrected chi connectivity index (χ3v) is 5.05. The highest BCUT2D eigenvalue weighted by molar-refractivity contribution is 7.98. The zero-order chi connectivity index (χ0) is 13.3. The monoisotopic (exact) mass is 297 g/mol. The van der Waals surface area contributed by atoms with E-state index in [-0.39, 0.29) is 0 Å². The zero-order valence-electron chi connectivity index (χ0n) is 11.5. The molecule has 1 aromatic carbocycles. The smallest absolute Gasteiger partial charge is 0.0406 e. The van der Waals surface area contributed by atoms with Gasteiger partial charge in [-0.25, -0.2) is 0 Å². The van der Waals surface area contributed by atoms with Gasteiger partial charge in [0.1, 0.15) is 0 Å². The molecule has 0 radical (unpaired) electrons. The average Bonchev–Trinajstić information content (AvgIpc) is 2.46. The van der Waals surface area contributed by atoms with Crippen LogP contribution in [0.15, 0.2) is 24.3 Å². The van der Waals surface area contributed by atoms with Crippen LogP contribution in [0.1, 0.15) is 44.1 Å². The fraction of sp³-hybridized carbons (Fsp3) is 0.625. The van der Waals surface area contributed by atoms with Crippen LogP contribution in [0.4, 0.5) is 0 Å². The zero-order valence-corrected chi connectivity index (χ0v) is 13.1. The van der Waals surface area contributed by atoms with E-state index < -0.39 is 0 Å². The lowest BCUT2D eigenvalue weighted by Crippen LogP contribution is -2.31. The predicted molar refractivity (Wildman–Crippen MR) is 87.1 cm³/mol. The van der Waals surface area contributed by atoms with Gasteiger partial charge in [0.05, 0.1) is 0 Å². The Kier molecular flexibility index (Phi) is 7.11. The molecule has 0 bridgehead atoms. The number of halogens is 1. The van der Waals surface area contributed by atoms with Crippen LogP contribution < -0.4 is 5.32 Å². The molecule has 3 heteroatoms. The second-order valence-electron chi connectivity index (χ2n) is 5.32. The van der Waals surface area contributed by atoms with Crippen molar-refractivity contribution in [3.8, 4) is 0 Å². The van der Waals surface area contributed by atoms with Gasteiger partial charge in [-0.15, -0.1) is 0 Å². The van der Waals surface area contributed by atoms with Crippen molar-refractivity contribution < 1.29 is 0 Å². The second kappa shape index (κ2) is 8.89. The highest BCUT2D eigenvalue weighted by Crippen LogP contribution is 2.18. The van der Waals surface area contributed by atoms with Crippen LogP contribution in [0.2, 0.25) is 5.02 Å². The Morgan fingerprint density at radius 1 is 1.11 bits per heavy atom. The Morgan fingerprint density at radius 3 is 2.58 bits per heavy atom. The first-order valence-corrected chi connectivity index (χ1v) is 8.93. The van der Waals surface area contributed by atoms with Crippen molar-refractivity contribution in [3.05, 3.63) is 34.9 Å². The Balaban J connectivity index is 1.49. The number of hydrogen-bond donors (Lipinski definition) is 1. The summed E-state index contributed by atoms with van der Waals surface area (Å²) < 4.78 is 0. The summed E-state index contributed by atoms with van der Waals surface area (Å²) in [5.74, 6) is 2.34. The standard InChI is InChI=1S/C16H24ClNS/c17-15-9-7-14(8-10-15)13-19-12-4-11-18-16-5-2-1-3-6-16/h7-10,16,18H,1-6,11-13H2. The maximum Gasteiger partial charge on any atom is 0.0406 e. The van der Waals surface area contributed by atoms with E-state index in [4.69, 9.17) is 11.6 Å². The normalized spacial score (nSPS) is 16.7. The van der Waals surface area contributed by atoms with E-state index in [9.17, 15) is 0 Å². The molecule has 0 aliphatic heterocycles. The van der Waals surface area contributed by atoms with Crippen LogP contribution in [0, 0.1) is 0 Å².